The first-order valence-electron chi connectivity index (χ1n) is 7.62. The molecule has 1 aliphatic rings. The van der Waals surface area contributed by atoms with Crippen LogP contribution in [-0.2, 0) is 4.74 Å². The van der Waals surface area contributed by atoms with E-state index in [-0.39, 0.29) is 5.60 Å². The van der Waals surface area contributed by atoms with Crippen molar-refractivity contribution in [3.63, 3.8) is 0 Å². The predicted octanol–water partition coefficient (Wildman–Crippen LogP) is 3.09. The van der Waals surface area contributed by atoms with Gasteiger partial charge in [0.05, 0.1) is 11.9 Å². The van der Waals surface area contributed by atoms with E-state index in [0.29, 0.717) is 6.04 Å². The van der Waals surface area contributed by atoms with E-state index in [9.17, 15) is 0 Å². The monoisotopic (exact) mass is 285 g/mol. The molecular formula is C17H23N3O. The molecule has 0 aliphatic carbocycles. The van der Waals surface area contributed by atoms with Gasteiger partial charge in [-0.3, -0.25) is 0 Å². The van der Waals surface area contributed by atoms with Crippen molar-refractivity contribution in [2.45, 2.75) is 38.3 Å². The number of benzene rings is 1. The largest absolute Gasteiger partial charge is 0.374 e. The van der Waals surface area contributed by atoms with Crippen molar-refractivity contribution in [2.75, 3.05) is 13.2 Å². The van der Waals surface area contributed by atoms with Gasteiger partial charge in [0.15, 0.2) is 0 Å². The van der Waals surface area contributed by atoms with Gasteiger partial charge in [-0.2, -0.15) is 0 Å². The third-order valence-corrected chi connectivity index (χ3v) is 4.28. The second-order valence-corrected chi connectivity index (χ2v) is 6.07. The Balaban J connectivity index is 1.61. The number of ether oxygens (including phenoxy) is 1. The molecule has 2 heterocycles. The number of rotatable bonds is 5. The summed E-state index contributed by atoms with van der Waals surface area (Å²) >= 11 is 0. The Morgan fingerprint density at radius 2 is 2.19 bits per heavy atom. The molecule has 2 atom stereocenters. The molecule has 1 saturated heterocycles. The van der Waals surface area contributed by atoms with E-state index in [0.717, 1.165) is 25.3 Å². The highest BCUT2D eigenvalue weighted by Gasteiger charge is 2.29. The molecule has 2 unspecified atom stereocenters. The van der Waals surface area contributed by atoms with Crippen LogP contribution >= 0.6 is 0 Å². The predicted molar refractivity (Wildman–Crippen MR) is 83.6 cm³/mol. The zero-order valence-corrected chi connectivity index (χ0v) is 12.7. The van der Waals surface area contributed by atoms with Crippen LogP contribution in [0.5, 0.6) is 0 Å². The fraction of sp³-hybridized carbons (Fsp3) is 0.471. The van der Waals surface area contributed by atoms with E-state index in [1.54, 1.807) is 6.20 Å². The van der Waals surface area contributed by atoms with Crippen molar-refractivity contribution in [1.29, 1.82) is 0 Å². The van der Waals surface area contributed by atoms with Gasteiger partial charge in [-0.25, -0.2) is 4.98 Å². The number of hydrogen-bond donors (Lipinski definition) is 1. The summed E-state index contributed by atoms with van der Waals surface area (Å²) in [6.45, 7) is 6.19. The number of nitrogens with zero attached hydrogens (tertiary/aromatic N) is 2. The first-order valence-corrected chi connectivity index (χ1v) is 7.62. The zero-order valence-electron chi connectivity index (χ0n) is 12.7. The van der Waals surface area contributed by atoms with Gasteiger partial charge in [0.1, 0.15) is 0 Å². The van der Waals surface area contributed by atoms with Crippen molar-refractivity contribution in [1.82, 2.24) is 14.9 Å². The SMILES string of the molecule is CC(NCC1(C)CCCO1)c1ccc(-n2ccnc2)cc1. The number of imidazole rings is 1. The average Bonchev–Trinajstić information content (AvgIpc) is 3.17. The van der Waals surface area contributed by atoms with E-state index >= 15 is 0 Å². The lowest BCUT2D eigenvalue weighted by Gasteiger charge is -2.26. The summed E-state index contributed by atoms with van der Waals surface area (Å²) < 4.78 is 7.83. The van der Waals surface area contributed by atoms with Gasteiger partial charge in [0.2, 0.25) is 0 Å². The van der Waals surface area contributed by atoms with Crippen LogP contribution in [-0.4, -0.2) is 28.3 Å². The summed E-state index contributed by atoms with van der Waals surface area (Å²) in [4.78, 5) is 4.07. The molecule has 0 radical (unpaired) electrons. The Hall–Kier alpha value is -1.65. The number of aromatic nitrogens is 2. The molecule has 4 heteroatoms. The van der Waals surface area contributed by atoms with E-state index in [1.165, 1.54) is 12.0 Å². The lowest BCUT2D eigenvalue weighted by molar-refractivity contribution is 0.0191. The van der Waals surface area contributed by atoms with Crippen molar-refractivity contribution in [3.05, 3.63) is 48.5 Å². The number of nitrogens with one attached hydrogen (secondary N) is 1. The van der Waals surface area contributed by atoms with Crippen LogP contribution in [0.4, 0.5) is 0 Å². The maximum Gasteiger partial charge on any atom is 0.0991 e. The Morgan fingerprint density at radius 3 is 2.81 bits per heavy atom. The first kappa shape index (κ1) is 14.3. The highest BCUT2D eigenvalue weighted by molar-refractivity contribution is 5.35. The summed E-state index contributed by atoms with van der Waals surface area (Å²) in [5.41, 5.74) is 2.43. The molecule has 1 aromatic carbocycles. The maximum absolute atomic E-state index is 5.82. The summed E-state index contributed by atoms with van der Waals surface area (Å²) in [5.74, 6) is 0. The van der Waals surface area contributed by atoms with E-state index < -0.39 is 0 Å². The molecule has 3 rings (SSSR count). The lowest BCUT2D eigenvalue weighted by Crippen LogP contribution is -2.38. The Kier molecular flexibility index (Phi) is 4.08. The summed E-state index contributed by atoms with van der Waals surface area (Å²) in [5, 5.41) is 3.59. The molecule has 2 aromatic rings. The Morgan fingerprint density at radius 1 is 1.38 bits per heavy atom. The third-order valence-electron chi connectivity index (χ3n) is 4.28. The van der Waals surface area contributed by atoms with Crippen molar-refractivity contribution < 1.29 is 4.74 Å². The molecule has 21 heavy (non-hydrogen) atoms. The van der Waals surface area contributed by atoms with Crippen LogP contribution in [0.2, 0.25) is 0 Å². The molecule has 0 spiro atoms. The first-order chi connectivity index (χ1) is 10.2. The topological polar surface area (TPSA) is 39.1 Å². The van der Waals surface area contributed by atoms with Crippen LogP contribution in [0.1, 0.15) is 38.3 Å². The number of hydrogen-bond acceptors (Lipinski definition) is 3. The van der Waals surface area contributed by atoms with Gasteiger partial charge in [-0.15, -0.1) is 0 Å². The summed E-state index contributed by atoms with van der Waals surface area (Å²) in [6, 6.07) is 8.92. The van der Waals surface area contributed by atoms with Gasteiger partial charge in [0.25, 0.3) is 0 Å². The summed E-state index contributed by atoms with van der Waals surface area (Å²) in [7, 11) is 0. The van der Waals surface area contributed by atoms with Crippen LogP contribution in [0.3, 0.4) is 0 Å². The van der Waals surface area contributed by atoms with E-state index in [4.69, 9.17) is 4.74 Å². The molecule has 1 fully saturated rings. The Bertz CT molecular complexity index is 556. The molecule has 4 nitrogen and oxygen atoms in total. The van der Waals surface area contributed by atoms with Gasteiger partial charge in [-0.05, 0) is 44.4 Å². The fourth-order valence-corrected chi connectivity index (χ4v) is 2.81. The normalized spacial score (nSPS) is 23.3. The second-order valence-electron chi connectivity index (χ2n) is 6.07. The minimum atomic E-state index is 0.00497. The highest BCUT2D eigenvalue weighted by atomic mass is 16.5. The van der Waals surface area contributed by atoms with Crippen molar-refractivity contribution in [2.24, 2.45) is 0 Å². The molecule has 0 bridgehead atoms. The molecular weight excluding hydrogens is 262 g/mol. The van der Waals surface area contributed by atoms with Crippen molar-refractivity contribution in [3.8, 4) is 5.69 Å². The Labute approximate surface area is 126 Å². The zero-order chi connectivity index (χ0) is 14.7. The van der Waals surface area contributed by atoms with Crippen LogP contribution in [0.25, 0.3) is 5.69 Å². The van der Waals surface area contributed by atoms with E-state index in [2.05, 4.69) is 48.4 Å². The van der Waals surface area contributed by atoms with Crippen LogP contribution in [0, 0.1) is 0 Å². The van der Waals surface area contributed by atoms with Crippen molar-refractivity contribution >= 4 is 0 Å². The van der Waals surface area contributed by atoms with Gasteiger partial charge >= 0.3 is 0 Å². The summed E-state index contributed by atoms with van der Waals surface area (Å²) in [6.07, 6.45) is 7.88. The second kappa shape index (κ2) is 6.00. The standard InChI is InChI=1S/C17H23N3O/c1-14(19-12-17(2)8-3-11-21-17)15-4-6-16(7-5-15)20-10-9-18-13-20/h4-7,9-10,13-14,19H,3,8,11-12H2,1-2H3. The van der Waals surface area contributed by atoms with Gasteiger partial charge in [0, 0.05) is 37.3 Å². The molecule has 1 N–H and O–H groups in total. The highest BCUT2D eigenvalue weighted by Crippen LogP contribution is 2.25. The third kappa shape index (κ3) is 3.34. The quantitative estimate of drug-likeness (QED) is 0.917. The van der Waals surface area contributed by atoms with Gasteiger partial charge in [-0.1, -0.05) is 12.1 Å². The molecule has 1 aromatic heterocycles. The fourth-order valence-electron chi connectivity index (χ4n) is 2.81. The smallest absolute Gasteiger partial charge is 0.0991 e. The molecule has 0 amide bonds. The minimum Gasteiger partial charge on any atom is -0.374 e. The van der Waals surface area contributed by atoms with Gasteiger partial charge < -0.3 is 14.6 Å². The molecule has 0 saturated carbocycles. The average molecular weight is 285 g/mol. The maximum atomic E-state index is 5.82. The van der Waals surface area contributed by atoms with Crippen LogP contribution in [0.15, 0.2) is 43.0 Å². The van der Waals surface area contributed by atoms with Crippen LogP contribution < -0.4 is 5.32 Å². The molecule has 1 aliphatic heterocycles. The minimum absolute atomic E-state index is 0.00497. The lowest BCUT2D eigenvalue weighted by atomic mass is 10.0. The molecule has 112 valence electrons. The van der Waals surface area contributed by atoms with E-state index in [1.807, 2.05) is 17.1 Å².